The highest BCUT2D eigenvalue weighted by Crippen LogP contribution is 2.43. The van der Waals surface area contributed by atoms with E-state index in [9.17, 15) is 4.79 Å². The second kappa shape index (κ2) is 12.0. The Morgan fingerprint density at radius 2 is 1.79 bits per heavy atom. The van der Waals surface area contributed by atoms with Gasteiger partial charge in [-0.05, 0) is 47.6 Å². The summed E-state index contributed by atoms with van der Waals surface area (Å²) < 4.78 is 11.7. The second-order valence-corrected chi connectivity index (χ2v) is 9.25. The molecule has 0 unspecified atom stereocenters. The molecule has 1 heterocycles. The van der Waals surface area contributed by atoms with E-state index >= 15 is 0 Å². The van der Waals surface area contributed by atoms with Gasteiger partial charge in [0.1, 0.15) is 5.75 Å². The van der Waals surface area contributed by atoms with Crippen molar-refractivity contribution in [3.05, 3.63) is 65.7 Å². The zero-order valence-corrected chi connectivity index (χ0v) is 17.6. The van der Waals surface area contributed by atoms with Crippen LogP contribution in [-0.2, 0) is 16.1 Å². The van der Waals surface area contributed by atoms with E-state index in [4.69, 9.17) is 9.47 Å². The molecule has 0 aliphatic carbocycles. The van der Waals surface area contributed by atoms with Crippen molar-refractivity contribution in [2.75, 3.05) is 31.3 Å². The number of rotatable bonds is 10. The normalized spacial score (nSPS) is 14.6. The molecule has 2 aromatic rings. The number of hydrogen-bond donors (Lipinski definition) is 1. The first-order valence-corrected chi connectivity index (χ1v) is 11.8. The zero-order chi connectivity index (χ0) is 19.4. The van der Waals surface area contributed by atoms with Gasteiger partial charge in [0.25, 0.3) is 5.91 Å². The summed E-state index contributed by atoms with van der Waals surface area (Å²) in [6.07, 6.45) is 2.07. The van der Waals surface area contributed by atoms with Crippen LogP contribution in [0.4, 0.5) is 0 Å². The van der Waals surface area contributed by atoms with E-state index in [2.05, 4.69) is 17.4 Å². The molecule has 1 fully saturated rings. The van der Waals surface area contributed by atoms with Gasteiger partial charge >= 0.3 is 0 Å². The van der Waals surface area contributed by atoms with Crippen molar-refractivity contribution < 1.29 is 14.3 Å². The van der Waals surface area contributed by atoms with Gasteiger partial charge in [0.2, 0.25) is 0 Å². The number of hydrogen-bond acceptors (Lipinski definition) is 5. The summed E-state index contributed by atoms with van der Waals surface area (Å²) in [5.41, 5.74) is 2.48. The molecule has 1 aliphatic rings. The summed E-state index contributed by atoms with van der Waals surface area (Å²) in [5, 5.41) is 2.86. The first-order valence-electron chi connectivity index (χ1n) is 9.65. The Hall–Kier alpha value is -1.63. The predicted octanol–water partition coefficient (Wildman–Crippen LogP) is 4.66. The molecule has 28 heavy (non-hydrogen) atoms. The van der Waals surface area contributed by atoms with Gasteiger partial charge < -0.3 is 14.8 Å². The van der Waals surface area contributed by atoms with Crippen molar-refractivity contribution in [2.45, 2.75) is 24.0 Å². The lowest BCUT2D eigenvalue weighted by Gasteiger charge is -2.21. The SMILES string of the molecule is O=C(COc1ccc(C2SCCCS2)cc1)NCCCOCc1ccccc1. The maximum absolute atomic E-state index is 11.9. The summed E-state index contributed by atoms with van der Waals surface area (Å²) >= 11 is 4.00. The molecule has 150 valence electrons. The molecular formula is C22H27NO3S2. The predicted molar refractivity (Wildman–Crippen MR) is 118 cm³/mol. The third kappa shape index (κ3) is 7.41. The topological polar surface area (TPSA) is 47.6 Å². The highest BCUT2D eigenvalue weighted by molar-refractivity contribution is 8.16. The maximum Gasteiger partial charge on any atom is 0.257 e. The fourth-order valence-electron chi connectivity index (χ4n) is 2.77. The largest absolute Gasteiger partial charge is 0.484 e. The number of carbonyl (C=O) groups excluding carboxylic acids is 1. The molecule has 1 amide bonds. The van der Waals surface area contributed by atoms with Crippen molar-refractivity contribution in [2.24, 2.45) is 0 Å². The van der Waals surface area contributed by atoms with E-state index in [1.54, 1.807) is 0 Å². The Bertz CT molecular complexity index is 703. The fraction of sp³-hybridized carbons (Fsp3) is 0.409. The molecule has 0 atom stereocenters. The second-order valence-electron chi connectivity index (χ2n) is 6.53. The molecule has 2 aromatic carbocycles. The molecule has 0 spiro atoms. The molecule has 1 aliphatic heterocycles. The van der Waals surface area contributed by atoms with Crippen LogP contribution in [0.5, 0.6) is 5.75 Å². The van der Waals surface area contributed by atoms with Gasteiger partial charge in [-0.3, -0.25) is 4.79 Å². The highest BCUT2D eigenvalue weighted by atomic mass is 32.2. The monoisotopic (exact) mass is 417 g/mol. The van der Waals surface area contributed by atoms with Gasteiger partial charge in [-0.25, -0.2) is 0 Å². The van der Waals surface area contributed by atoms with Gasteiger partial charge in [0, 0.05) is 13.2 Å². The van der Waals surface area contributed by atoms with Gasteiger partial charge in [0.05, 0.1) is 11.2 Å². The lowest BCUT2D eigenvalue weighted by molar-refractivity contribution is -0.123. The van der Waals surface area contributed by atoms with Gasteiger partial charge in [-0.2, -0.15) is 0 Å². The van der Waals surface area contributed by atoms with Crippen molar-refractivity contribution in [1.82, 2.24) is 5.32 Å². The lowest BCUT2D eigenvalue weighted by Crippen LogP contribution is -2.30. The minimum Gasteiger partial charge on any atom is -0.484 e. The molecule has 1 N–H and O–H groups in total. The smallest absolute Gasteiger partial charge is 0.257 e. The fourth-order valence-corrected chi connectivity index (χ4v) is 5.66. The summed E-state index contributed by atoms with van der Waals surface area (Å²) in [5.74, 6) is 3.09. The molecule has 4 nitrogen and oxygen atoms in total. The lowest BCUT2D eigenvalue weighted by atomic mass is 10.2. The zero-order valence-electron chi connectivity index (χ0n) is 16.0. The molecule has 1 saturated heterocycles. The van der Waals surface area contributed by atoms with Crippen LogP contribution >= 0.6 is 23.5 Å². The quantitative estimate of drug-likeness (QED) is 0.570. The molecule has 6 heteroatoms. The Kier molecular flexibility index (Phi) is 9.07. The number of benzene rings is 2. The van der Waals surface area contributed by atoms with E-state index in [1.807, 2.05) is 66.0 Å². The third-order valence-corrected chi connectivity index (χ3v) is 7.26. The Morgan fingerprint density at radius 1 is 1.04 bits per heavy atom. The summed E-state index contributed by atoms with van der Waals surface area (Å²) in [6, 6.07) is 18.2. The van der Waals surface area contributed by atoms with Crippen LogP contribution in [0.1, 0.15) is 28.6 Å². The van der Waals surface area contributed by atoms with Crippen molar-refractivity contribution in [3.63, 3.8) is 0 Å². The summed E-state index contributed by atoms with van der Waals surface area (Å²) in [7, 11) is 0. The van der Waals surface area contributed by atoms with Crippen LogP contribution in [0.2, 0.25) is 0 Å². The molecule has 0 saturated carbocycles. The van der Waals surface area contributed by atoms with Crippen molar-refractivity contribution >= 4 is 29.4 Å². The van der Waals surface area contributed by atoms with Crippen molar-refractivity contribution in [1.29, 1.82) is 0 Å². The van der Waals surface area contributed by atoms with Crippen LogP contribution in [0, 0.1) is 0 Å². The highest BCUT2D eigenvalue weighted by Gasteiger charge is 2.16. The van der Waals surface area contributed by atoms with E-state index in [1.165, 1.54) is 23.5 Å². The number of amides is 1. The van der Waals surface area contributed by atoms with Crippen LogP contribution in [-0.4, -0.2) is 37.2 Å². The van der Waals surface area contributed by atoms with E-state index in [0.29, 0.717) is 24.3 Å². The van der Waals surface area contributed by atoms with Crippen LogP contribution in [0.3, 0.4) is 0 Å². The minimum atomic E-state index is -0.106. The van der Waals surface area contributed by atoms with Crippen molar-refractivity contribution in [3.8, 4) is 5.75 Å². The Morgan fingerprint density at radius 3 is 2.54 bits per heavy atom. The Labute approximate surface area is 175 Å². The van der Waals surface area contributed by atoms with Gasteiger partial charge in [-0.15, -0.1) is 23.5 Å². The minimum absolute atomic E-state index is 0.0388. The number of thioether (sulfide) groups is 2. The van der Waals surface area contributed by atoms with Crippen LogP contribution < -0.4 is 10.1 Å². The van der Waals surface area contributed by atoms with Gasteiger partial charge in [-0.1, -0.05) is 42.5 Å². The Balaban J connectivity index is 1.26. The molecule has 0 radical (unpaired) electrons. The average Bonchev–Trinajstić information content (AvgIpc) is 2.76. The third-order valence-electron chi connectivity index (χ3n) is 4.25. The van der Waals surface area contributed by atoms with Gasteiger partial charge in [0.15, 0.2) is 6.61 Å². The molecule has 0 bridgehead atoms. The number of nitrogens with one attached hydrogen (secondary N) is 1. The molecule has 3 rings (SSSR count). The maximum atomic E-state index is 11.9. The van der Waals surface area contributed by atoms with Crippen LogP contribution in [0.15, 0.2) is 54.6 Å². The number of ether oxygens (including phenoxy) is 2. The summed E-state index contributed by atoms with van der Waals surface area (Å²) in [4.78, 5) is 11.9. The molecule has 0 aromatic heterocycles. The average molecular weight is 418 g/mol. The first kappa shape index (κ1) is 21.1. The standard InChI is InChI=1S/C22H27NO3S2/c24-21(23-12-4-13-25-16-18-6-2-1-3-7-18)17-26-20-10-8-19(9-11-20)22-27-14-5-15-28-22/h1-3,6-11,22H,4-5,12-17H2,(H,23,24). The molecular weight excluding hydrogens is 390 g/mol. The first-order chi connectivity index (χ1) is 13.8. The van der Waals surface area contributed by atoms with Crippen LogP contribution in [0.25, 0.3) is 0 Å². The van der Waals surface area contributed by atoms with E-state index in [0.717, 1.165) is 17.7 Å². The van der Waals surface area contributed by atoms with E-state index < -0.39 is 0 Å². The summed E-state index contributed by atoms with van der Waals surface area (Å²) in [6.45, 7) is 1.85. The number of carbonyl (C=O) groups is 1. The van der Waals surface area contributed by atoms with E-state index in [-0.39, 0.29) is 12.5 Å².